The average Bonchev–Trinajstić information content (AvgIpc) is 3.27. The molecule has 3 heterocycles. The van der Waals surface area contributed by atoms with Crippen LogP contribution >= 0.6 is 0 Å². The molecule has 0 radical (unpaired) electrons. The molecule has 2 amide bonds. The summed E-state index contributed by atoms with van der Waals surface area (Å²) in [7, 11) is -3.28. The van der Waals surface area contributed by atoms with Gasteiger partial charge < -0.3 is 14.3 Å². The number of benzene rings is 1. The SMILES string of the molecule is Cc1ccc(C2CC(c3nc(CS(C)(=O)=O)no3)CN(C(=O)N3CCC(C#N)CC3)C2)cc1C. The molecule has 2 unspecified atom stereocenters. The van der Waals surface area contributed by atoms with E-state index in [0.717, 1.165) is 18.2 Å². The van der Waals surface area contributed by atoms with Gasteiger partial charge in [0, 0.05) is 44.3 Å². The van der Waals surface area contributed by atoms with Gasteiger partial charge in [0.1, 0.15) is 5.75 Å². The van der Waals surface area contributed by atoms with E-state index in [1.807, 2.05) is 9.80 Å². The van der Waals surface area contributed by atoms with Crippen molar-refractivity contribution in [3.63, 3.8) is 0 Å². The van der Waals surface area contributed by atoms with Crippen LogP contribution in [0.2, 0.25) is 0 Å². The first-order chi connectivity index (χ1) is 16.1. The van der Waals surface area contributed by atoms with Gasteiger partial charge in [-0.05, 0) is 49.8 Å². The zero-order valence-corrected chi connectivity index (χ0v) is 20.7. The number of rotatable bonds is 4. The Morgan fingerprint density at radius 1 is 1.15 bits per heavy atom. The third-order valence-corrected chi connectivity index (χ3v) is 7.68. The van der Waals surface area contributed by atoms with Gasteiger partial charge in [-0.2, -0.15) is 10.2 Å². The Morgan fingerprint density at radius 3 is 2.50 bits per heavy atom. The van der Waals surface area contributed by atoms with Gasteiger partial charge >= 0.3 is 6.03 Å². The molecule has 34 heavy (non-hydrogen) atoms. The average molecular weight is 486 g/mol. The summed E-state index contributed by atoms with van der Waals surface area (Å²) < 4.78 is 28.8. The maximum atomic E-state index is 13.4. The van der Waals surface area contributed by atoms with Crippen LogP contribution in [0.5, 0.6) is 0 Å². The van der Waals surface area contributed by atoms with Crippen LogP contribution in [-0.4, -0.2) is 66.8 Å². The van der Waals surface area contributed by atoms with Crippen LogP contribution in [0, 0.1) is 31.1 Å². The van der Waals surface area contributed by atoms with Crippen molar-refractivity contribution in [2.75, 3.05) is 32.4 Å². The number of amides is 2. The molecule has 0 spiro atoms. The minimum Gasteiger partial charge on any atom is -0.339 e. The number of urea groups is 1. The fourth-order valence-corrected chi connectivity index (χ4v) is 5.41. The van der Waals surface area contributed by atoms with Crippen molar-refractivity contribution in [2.24, 2.45) is 5.92 Å². The van der Waals surface area contributed by atoms with E-state index < -0.39 is 9.84 Å². The Labute approximate surface area is 200 Å². The molecule has 1 aromatic carbocycles. The smallest absolute Gasteiger partial charge is 0.320 e. The summed E-state index contributed by atoms with van der Waals surface area (Å²) in [5.41, 5.74) is 3.57. The second kappa shape index (κ2) is 9.74. The molecule has 2 aliphatic heterocycles. The van der Waals surface area contributed by atoms with Gasteiger partial charge in [0.15, 0.2) is 15.7 Å². The molecule has 0 N–H and O–H groups in total. The molecule has 0 saturated carbocycles. The van der Waals surface area contributed by atoms with Crippen LogP contribution < -0.4 is 0 Å². The monoisotopic (exact) mass is 485 g/mol. The molecule has 9 nitrogen and oxygen atoms in total. The fraction of sp³-hybridized carbons (Fsp3) is 0.583. The molecule has 2 fully saturated rings. The van der Waals surface area contributed by atoms with Crippen LogP contribution in [0.3, 0.4) is 0 Å². The second-order valence-corrected chi connectivity index (χ2v) is 11.8. The van der Waals surface area contributed by atoms with Crippen LogP contribution in [0.15, 0.2) is 22.7 Å². The van der Waals surface area contributed by atoms with Gasteiger partial charge in [0.05, 0.1) is 12.0 Å². The maximum Gasteiger partial charge on any atom is 0.320 e. The lowest BCUT2D eigenvalue weighted by atomic mass is 9.83. The van der Waals surface area contributed by atoms with E-state index >= 15 is 0 Å². The first kappa shape index (κ1) is 24.2. The number of aromatic nitrogens is 2. The van der Waals surface area contributed by atoms with Gasteiger partial charge in [-0.3, -0.25) is 0 Å². The summed E-state index contributed by atoms with van der Waals surface area (Å²) in [4.78, 5) is 21.5. The van der Waals surface area contributed by atoms with Crippen molar-refractivity contribution in [2.45, 2.75) is 50.7 Å². The number of likely N-dealkylation sites (tertiary alicyclic amines) is 2. The number of hydrogen-bond acceptors (Lipinski definition) is 7. The molecule has 0 bridgehead atoms. The lowest BCUT2D eigenvalue weighted by Crippen LogP contribution is -2.51. The van der Waals surface area contributed by atoms with E-state index in [9.17, 15) is 18.5 Å². The van der Waals surface area contributed by atoms with E-state index in [4.69, 9.17) is 4.52 Å². The molecule has 2 aromatic rings. The highest BCUT2D eigenvalue weighted by atomic mass is 32.2. The van der Waals surface area contributed by atoms with Crippen LogP contribution in [-0.2, 0) is 15.6 Å². The van der Waals surface area contributed by atoms with Gasteiger partial charge in [-0.15, -0.1) is 0 Å². The first-order valence-electron chi connectivity index (χ1n) is 11.6. The topological polar surface area (TPSA) is 120 Å². The molecular weight excluding hydrogens is 454 g/mol. The quantitative estimate of drug-likeness (QED) is 0.652. The molecule has 2 saturated heterocycles. The summed E-state index contributed by atoms with van der Waals surface area (Å²) in [5, 5.41) is 13.0. The molecule has 2 atom stereocenters. The van der Waals surface area contributed by atoms with E-state index in [-0.39, 0.29) is 35.4 Å². The predicted octanol–water partition coefficient (Wildman–Crippen LogP) is 3.16. The standard InChI is InChI=1S/C24H31N5O4S/c1-16-4-5-19(10-17(16)2)20-11-21(23-26-22(27-33-23)15-34(3,31)32)14-29(13-20)24(30)28-8-6-18(12-25)7-9-28/h4-5,10,18,20-21H,6-9,11,13-15H2,1-3H3. The van der Waals surface area contributed by atoms with Gasteiger partial charge in [-0.25, -0.2) is 13.2 Å². The number of carbonyl (C=O) groups excluding carboxylic acids is 1. The van der Waals surface area contributed by atoms with Crippen molar-refractivity contribution in [3.8, 4) is 6.07 Å². The van der Waals surface area contributed by atoms with Crippen molar-refractivity contribution in [3.05, 3.63) is 46.6 Å². The number of nitrogens with zero attached hydrogens (tertiary/aromatic N) is 5. The second-order valence-electron chi connectivity index (χ2n) is 9.67. The number of hydrogen-bond donors (Lipinski definition) is 0. The van der Waals surface area contributed by atoms with Gasteiger partial charge in [-0.1, -0.05) is 23.4 Å². The summed E-state index contributed by atoms with van der Waals surface area (Å²) in [6.07, 6.45) is 3.25. The zero-order valence-electron chi connectivity index (χ0n) is 19.9. The fourth-order valence-electron chi connectivity index (χ4n) is 4.82. The van der Waals surface area contributed by atoms with Crippen LogP contribution in [0.1, 0.15) is 59.5 Å². The minimum absolute atomic E-state index is 0.00750. The van der Waals surface area contributed by atoms with Crippen molar-refractivity contribution < 1.29 is 17.7 Å². The van der Waals surface area contributed by atoms with Crippen LogP contribution in [0.4, 0.5) is 4.79 Å². The molecule has 10 heteroatoms. The van der Waals surface area contributed by atoms with E-state index in [1.54, 1.807) is 0 Å². The van der Waals surface area contributed by atoms with Crippen molar-refractivity contribution in [1.29, 1.82) is 5.26 Å². The highest BCUT2D eigenvalue weighted by molar-refractivity contribution is 7.89. The Balaban J connectivity index is 1.58. The van der Waals surface area contributed by atoms with E-state index in [1.165, 1.54) is 11.1 Å². The highest BCUT2D eigenvalue weighted by Gasteiger charge is 2.37. The highest BCUT2D eigenvalue weighted by Crippen LogP contribution is 2.36. The molecule has 182 valence electrons. The maximum absolute atomic E-state index is 13.4. The molecule has 4 rings (SSSR count). The van der Waals surface area contributed by atoms with Gasteiger partial charge in [0.25, 0.3) is 0 Å². The molecule has 1 aromatic heterocycles. The minimum atomic E-state index is -3.28. The molecule has 2 aliphatic rings. The number of carbonyl (C=O) groups is 1. The lowest BCUT2D eigenvalue weighted by Gasteiger charge is -2.40. The largest absolute Gasteiger partial charge is 0.339 e. The number of aryl methyl sites for hydroxylation is 2. The number of piperidine rings is 2. The Kier molecular flexibility index (Phi) is 6.94. The lowest BCUT2D eigenvalue weighted by molar-refractivity contribution is 0.116. The van der Waals surface area contributed by atoms with E-state index in [0.29, 0.717) is 44.9 Å². The first-order valence-corrected chi connectivity index (χ1v) is 13.7. The predicted molar refractivity (Wildman–Crippen MR) is 126 cm³/mol. The van der Waals surface area contributed by atoms with Gasteiger partial charge in [0.2, 0.25) is 5.89 Å². The summed E-state index contributed by atoms with van der Waals surface area (Å²) in [6, 6.07) is 8.65. The third kappa shape index (κ3) is 5.58. The summed E-state index contributed by atoms with van der Waals surface area (Å²) in [6.45, 7) is 6.32. The summed E-state index contributed by atoms with van der Waals surface area (Å²) >= 11 is 0. The van der Waals surface area contributed by atoms with Crippen LogP contribution in [0.25, 0.3) is 0 Å². The Morgan fingerprint density at radius 2 is 1.85 bits per heavy atom. The van der Waals surface area contributed by atoms with Crippen molar-refractivity contribution >= 4 is 15.9 Å². The van der Waals surface area contributed by atoms with Crippen molar-refractivity contribution in [1.82, 2.24) is 19.9 Å². The Hall–Kier alpha value is -2.93. The number of nitriles is 1. The normalized spacial score (nSPS) is 21.9. The number of sulfone groups is 1. The van der Waals surface area contributed by atoms with E-state index in [2.05, 4.69) is 48.3 Å². The molecular formula is C24H31N5O4S. The summed E-state index contributed by atoms with van der Waals surface area (Å²) in [5.74, 6) is 0.134. The third-order valence-electron chi connectivity index (χ3n) is 6.90. The molecule has 0 aliphatic carbocycles. The zero-order chi connectivity index (χ0) is 24.5. The Bertz CT molecular complexity index is 1190.